The second-order valence-electron chi connectivity index (χ2n) is 11.7. The van der Waals surface area contributed by atoms with E-state index >= 15 is 0 Å². The molecule has 2 aliphatic rings. The Morgan fingerprint density at radius 3 is 2.63 bits per heavy atom. The fourth-order valence-electron chi connectivity index (χ4n) is 7.11. The molecule has 0 spiro atoms. The lowest BCUT2D eigenvalue weighted by Gasteiger charge is -2.32. The van der Waals surface area contributed by atoms with E-state index in [1.165, 1.54) is 54.5 Å². The van der Waals surface area contributed by atoms with Gasteiger partial charge >= 0.3 is 0 Å². The number of thiophene rings is 1. The van der Waals surface area contributed by atoms with Crippen molar-refractivity contribution in [3.63, 3.8) is 0 Å². The number of nitrogens with zero attached hydrogens (tertiary/aromatic N) is 3. The monoisotopic (exact) mass is 574 g/mol. The molecule has 0 amide bonds. The maximum Gasteiger partial charge on any atom is 0.219 e. The fourth-order valence-corrected chi connectivity index (χ4v) is 8.24. The van der Waals surface area contributed by atoms with Crippen LogP contribution in [-0.4, -0.2) is 16.7 Å². The molecule has 2 atom stereocenters. The molecule has 6 aromatic rings. The normalized spacial score (nSPS) is 17.9. The van der Waals surface area contributed by atoms with Gasteiger partial charge in [0.05, 0.1) is 23.7 Å². The summed E-state index contributed by atoms with van der Waals surface area (Å²) in [7, 11) is 0. The Labute approximate surface area is 256 Å². The highest BCUT2D eigenvalue weighted by molar-refractivity contribution is 7.25. The summed E-state index contributed by atoms with van der Waals surface area (Å²) in [5, 5.41) is 2.52. The van der Waals surface area contributed by atoms with Crippen LogP contribution in [0.4, 0.5) is 0 Å². The SMILES string of the molecule is C=CC1=NC2CC(=C)[n+]3ccc(-c4ccccc4)cc3-c3c(ccc4sc5nc(C)ccc5c34)CCC2c2ccccc21. The number of pyridine rings is 2. The van der Waals surface area contributed by atoms with Crippen molar-refractivity contribution in [2.75, 3.05) is 0 Å². The fraction of sp³-hybridized carbons (Fsp3) is 0.154. The summed E-state index contributed by atoms with van der Waals surface area (Å²) >= 11 is 1.79. The number of hydrogen-bond donors (Lipinski definition) is 0. The third-order valence-electron chi connectivity index (χ3n) is 9.16. The van der Waals surface area contributed by atoms with Crippen LogP contribution in [0, 0.1) is 6.92 Å². The van der Waals surface area contributed by atoms with Crippen molar-refractivity contribution in [3.8, 4) is 22.4 Å². The van der Waals surface area contributed by atoms with E-state index in [9.17, 15) is 0 Å². The number of hydrogen-bond acceptors (Lipinski definition) is 3. The van der Waals surface area contributed by atoms with Crippen molar-refractivity contribution in [3.05, 3.63) is 139 Å². The van der Waals surface area contributed by atoms with Crippen LogP contribution >= 0.6 is 11.3 Å². The number of aryl methyl sites for hydroxylation is 2. The smallest absolute Gasteiger partial charge is 0.219 e. The zero-order valence-corrected chi connectivity index (χ0v) is 25.1. The minimum atomic E-state index is 0.101. The van der Waals surface area contributed by atoms with Crippen LogP contribution in [0.25, 0.3) is 48.4 Å². The Bertz CT molecular complexity index is 2120. The molecule has 4 heteroatoms. The van der Waals surface area contributed by atoms with Crippen molar-refractivity contribution in [1.82, 2.24) is 4.98 Å². The van der Waals surface area contributed by atoms with Gasteiger partial charge in [-0.25, -0.2) is 4.98 Å². The predicted molar refractivity (Wildman–Crippen MR) is 181 cm³/mol. The van der Waals surface area contributed by atoms with Gasteiger partial charge in [-0.3, -0.25) is 4.99 Å². The van der Waals surface area contributed by atoms with E-state index in [4.69, 9.17) is 16.6 Å². The number of rotatable bonds is 2. The molecular formula is C39H32N3S+. The minimum Gasteiger partial charge on any atom is -0.280 e. The van der Waals surface area contributed by atoms with Crippen LogP contribution in [-0.2, 0) is 6.42 Å². The number of aromatic nitrogens is 2. The summed E-state index contributed by atoms with van der Waals surface area (Å²) in [5.41, 5.74) is 11.9. The van der Waals surface area contributed by atoms with Crippen molar-refractivity contribution in [2.24, 2.45) is 4.99 Å². The lowest BCUT2D eigenvalue weighted by molar-refractivity contribution is -0.571. The summed E-state index contributed by atoms with van der Waals surface area (Å²) in [6, 6.07) is 33.1. The molecule has 0 N–H and O–H groups in total. The van der Waals surface area contributed by atoms with Gasteiger partial charge in [0.25, 0.3) is 0 Å². The molecule has 3 aromatic carbocycles. The molecule has 43 heavy (non-hydrogen) atoms. The van der Waals surface area contributed by atoms with Gasteiger partial charge in [-0.15, -0.1) is 11.3 Å². The molecule has 0 aliphatic carbocycles. The topological polar surface area (TPSA) is 29.1 Å². The van der Waals surface area contributed by atoms with Gasteiger partial charge in [0, 0.05) is 44.8 Å². The van der Waals surface area contributed by atoms with Gasteiger partial charge in [0.2, 0.25) is 5.69 Å². The maximum atomic E-state index is 5.29. The third kappa shape index (κ3) is 4.28. The second kappa shape index (κ2) is 10.3. The Balaban J connectivity index is 1.40. The molecule has 0 saturated carbocycles. The predicted octanol–water partition coefficient (Wildman–Crippen LogP) is 9.33. The largest absolute Gasteiger partial charge is 0.280 e. The lowest BCUT2D eigenvalue weighted by Crippen LogP contribution is -2.38. The first-order valence-corrected chi connectivity index (χ1v) is 15.8. The van der Waals surface area contributed by atoms with E-state index in [0.29, 0.717) is 5.92 Å². The van der Waals surface area contributed by atoms with Crippen molar-refractivity contribution >= 4 is 43.0 Å². The van der Waals surface area contributed by atoms with Gasteiger partial charge in [-0.2, -0.15) is 4.57 Å². The van der Waals surface area contributed by atoms with Crippen molar-refractivity contribution < 1.29 is 4.57 Å². The molecule has 3 nitrogen and oxygen atoms in total. The van der Waals surface area contributed by atoms with Crippen LogP contribution in [0.5, 0.6) is 0 Å². The summed E-state index contributed by atoms with van der Waals surface area (Å²) in [5.74, 6) is 0.300. The first kappa shape index (κ1) is 26.0. The molecular weight excluding hydrogens is 543 g/mol. The van der Waals surface area contributed by atoms with Gasteiger partial charge in [0.1, 0.15) is 4.83 Å². The zero-order valence-electron chi connectivity index (χ0n) is 24.3. The Morgan fingerprint density at radius 2 is 1.77 bits per heavy atom. The average Bonchev–Trinajstić information content (AvgIpc) is 3.41. The first-order chi connectivity index (χ1) is 21.1. The van der Waals surface area contributed by atoms with Crippen LogP contribution in [0.2, 0.25) is 0 Å². The molecule has 208 valence electrons. The van der Waals surface area contributed by atoms with Gasteiger partial charge in [-0.05, 0) is 72.9 Å². The molecule has 0 fully saturated rings. The molecule has 3 aromatic heterocycles. The van der Waals surface area contributed by atoms with Gasteiger partial charge < -0.3 is 0 Å². The van der Waals surface area contributed by atoms with Crippen molar-refractivity contribution in [1.29, 1.82) is 0 Å². The van der Waals surface area contributed by atoms with E-state index in [1.54, 1.807) is 11.3 Å². The number of benzene rings is 3. The highest BCUT2D eigenvalue weighted by atomic mass is 32.1. The van der Waals surface area contributed by atoms with E-state index < -0.39 is 0 Å². The highest BCUT2D eigenvalue weighted by Gasteiger charge is 2.35. The summed E-state index contributed by atoms with van der Waals surface area (Å²) < 4.78 is 3.59. The van der Waals surface area contributed by atoms with E-state index in [-0.39, 0.29) is 6.04 Å². The third-order valence-corrected chi connectivity index (χ3v) is 10.2. The summed E-state index contributed by atoms with van der Waals surface area (Å²) in [6.07, 6.45) is 6.87. The Morgan fingerprint density at radius 1 is 0.930 bits per heavy atom. The van der Waals surface area contributed by atoms with Crippen LogP contribution in [0.15, 0.2) is 121 Å². The minimum absolute atomic E-state index is 0.101. The molecule has 0 saturated heterocycles. The zero-order chi connectivity index (χ0) is 29.1. The molecule has 2 aliphatic heterocycles. The first-order valence-electron chi connectivity index (χ1n) is 15.0. The standard InChI is InChI=1S/C39H32N3S/c1-4-33-30-13-9-8-12-29(30)31-18-15-27-16-19-36-38(32-17-14-24(2)40-39(32)43-36)37(27)35-23-28(26-10-6-5-7-11-26)20-21-42(35)25(3)22-34(31)41-33/h4-14,16-17,19-21,23,31,34H,1,3,15,18,22H2,2H3/q+1. The average molecular weight is 575 g/mol. The van der Waals surface area contributed by atoms with Crippen LogP contribution in [0.1, 0.15) is 41.1 Å². The Kier molecular flexibility index (Phi) is 6.20. The maximum absolute atomic E-state index is 5.29. The van der Waals surface area contributed by atoms with Gasteiger partial charge in [-0.1, -0.05) is 67.2 Å². The van der Waals surface area contributed by atoms with Crippen molar-refractivity contribution in [2.45, 2.75) is 38.1 Å². The van der Waals surface area contributed by atoms with Crippen LogP contribution in [0.3, 0.4) is 0 Å². The highest BCUT2D eigenvalue weighted by Crippen LogP contribution is 2.44. The summed E-state index contributed by atoms with van der Waals surface area (Å²) in [6.45, 7) is 10.9. The molecule has 8 rings (SSSR count). The number of allylic oxidation sites excluding steroid dienone is 1. The van der Waals surface area contributed by atoms with E-state index in [0.717, 1.165) is 41.2 Å². The lowest BCUT2D eigenvalue weighted by atomic mass is 9.78. The second-order valence-corrected chi connectivity index (χ2v) is 12.7. The molecule has 2 unspecified atom stereocenters. The molecule has 0 bridgehead atoms. The number of aliphatic imine (C=N–C) groups is 1. The molecule has 0 radical (unpaired) electrons. The Hall–Kier alpha value is -4.67. The van der Waals surface area contributed by atoms with E-state index in [1.807, 2.05) is 6.08 Å². The van der Waals surface area contributed by atoms with Gasteiger partial charge in [0.15, 0.2) is 11.9 Å². The summed E-state index contributed by atoms with van der Waals surface area (Å²) in [4.78, 5) is 11.3. The van der Waals surface area contributed by atoms with Crippen LogP contribution < -0.4 is 4.57 Å². The van der Waals surface area contributed by atoms with E-state index in [2.05, 4.69) is 115 Å². The number of fused-ring (bicyclic) bond motifs is 10. The molecule has 5 heterocycles. The quantitative estimate of drug-likeness (QED) is 0.190.